The molecule has 0 bridgehead atoms. The largest absolute Gasteiger partial charge is 0.474 e. The van der Waals surface area contributed by atoms with Crippen LogP contribution in [-0.2, 0) is 9.59 Å². The molecule has 0 saturated heterocycles. The Morgan fingerprint density at radius 1 is 1.36 bits per heavy atom. The number of nitrogens with two attached hydrogens (primary N) is 1. The van der Waals surface area contributed by atoms with E-state index in [1.54, 1.807) is 0 Å². The Morgan fingerprint density at radius 2 is 1.64 bits per heavy atom. The Morgan fingerprint density at radius 3 is 1.64 bits per heavy atom. The second kappa shape index (κ2) is 2.50. The van der Waals surface area contributed by atoms with Gasteiger partial charge in [0.25, 0.3) is 0 Å². The number of aliphatic carboxylic acids is 2. The van der Waals surface area contributed by atoms with Crippen LogP contribution in [0.2, 0.25) is 0 Å². The molecule has 0 saturated carbocycles. The lowest BCUT2D eigenvalue weighted by atomic mass is 10.2. The zero-order valence-electron chi connectivity index (χ0n) is 5.05. The van der Waals surface area contributed by atoms with Crippen LogP contribution in [0, 0.1) is 10.1 Å². The van der Waals surface area contributed by atoms with E-state index in [0.29, 0.717) is 0 Å². The molecule has 0 heterocycles. The van der Waals surface area contributed by atoms with Gasteiger partial charge >= 0.3 is 17.6 Å². The van der Waals surface area contributed by atoms with E-state index in [4.69, 9.17) is 10.2 Å². The lowest BCUT2D eigenvalue weighted by Crippen LogP contribution is -2.60. The third kappa shape index (κ3) is 1.24. The van der Waals surface area contributed by atoms with E-state index < -0.39 is 22.5 Å². The van der Waals surface area contributed by atoms with Gasteiger partial charge in [-0.15, -0.1) is 0 Å². The van der Waals surface area contributed by atoms with Crippen molar-refractivity contribution < 1.29 is 24.7 Å². The van der Waals surface area contributed by atoms with Gasteiger partial charge in [0.05, 0.1) is 4.92 Å². The second-order valence-electron chi connectivity index (χ2n) is 1.63. The van der Waals surface area contributed by atoms with Crippen molar-refractivity contribution in [2.75, 3.05) is 0 Å². The van der Waals surface area contributed by atoms with Gasteiger partial charge in [-0.25, -0.2) is 15.3 Å². The first kappa shape index (κ1) is 9.30. The van der Waals surface area contributed by atoms with Crippen molar-refractivity contribution in [3.8, 4) is 0 Å². The third-order valence-electron chi connectivity index (χ3n) is 0.940. The maximum atomic E-state index is 9.96. The van der Waals surface area contributed by atoms with E-state index in [-0.39, 0.29) is 0 Å². The smallest absolute Gasteiger partial charge is 0.463 e. The molecule has 0 atom stereocenters. The normalized spacial score (nSPS) is 10.6. The maximum absolute atomic E-state index is 9.96. The molecule has 0 aromatic carbocycles. The number of nitrogens with zero attached hydrogens (tertiary/aromatic N) is 1. The molecule has 0 unspecified atom stereocenters. The molecule has 0 aromatic rings. The first-order valence-corrected chi connectivity index (χ1v) is 2.23. The fourth-order valence-corrected chi connectivity index (χ4v) is 0.248. The third-order valence-corrected chi connectivity index (χ3v) is 0.940. The molecule has 4 N–H and O–H groups in total. The van der Waals surface area contributed by atoms with E-state index in [1.807, 2.05) is 0 Å². The van der Waals surface area contributed by atoms with Crippen molar-refractivity contribution in [1.29, 1.82) is 0 Å². The Balaban J connectivity index is 4.99. The minimum Gasteiger partial charge on any atom is -0.474 e. The van der Waals surface area contributed by atoms with Gasteiger partial charge in [-0.3, -0.25) is 10.1 Å². The zero-order chi connectivity index (χ0) is 9.23. The summed E-state index contributed by atoms with van der Waals surface area (Å²) in [6.07, 6.45) is 0. The monoisotopic (exact) mass is 164 g/mol. The molecule has 0 aliphatic carbocycles. The quantitative estimate of drug-likeness (QED) is 0.191. The number of nitro groups is 1. The Labute approximate surface area is 59.4 Å². The van der Waals surface area contributed by atoms with Crippen LogP contribution in [0.15, 0.2) is 0 Å². The summed E-state index contributed by atoms with van der Waals surface area (Å²) in [7, 11) is 0. The molecular weight excluding hydrogens is 160 g/mol. The number of carboxylic acid groups (broad SMARTS) is 2. The summed E-state index contributed by atoms with van der Waals surface area (Å²) in [4.78, 5) is 28.2. The summed E-state index contributed by atoms with van der Waals surface area (Å²) >= 11 is 0. The van der Waals surface area contributed by atoms with Crippen LogP contribution in [0.4, 0.5) is 0 Å². The van der Waals surface area contributed by atoms with Gasteiger partial charge < -0.3 is 10.2 Å². The molecule has 0 radical (unpaired) electrons. The molecule has 0 aromatic heterocycles. The number of carboxylic acids is 2. The van der Waals surface area contributed by atoms with Crippen LogP contribution >= 0.6 is 0 Å². The van der Waals surface area contributed by atoms with Crippen LogP contribution in [0.1, 0.15) is 0 Å². The van der Waals surface area contributed by atoms with Crippen molar-refractivity contribution in [2.45, 2.75) is 5.66 Å². The molecule has 62 valence electrons. The Bertz CT molecular complexity index is 186. The summed E-state index contributed by atoms with van der Waals surface area (Å²) in [6, 6.07) is 0. The topological polar surface area (TPSA) is 144 Å². The van der Waals surface area contributed by atoms with Gasteiger partial charge in [0, 0.05) is 0 Å². The number of rotatable bonds is 3. The maximum Gasteiger partial charge on any atom is 0.463 e. The fraction of sp³-hybridized carbons (Fsp3) is 0.333. The molecule has 8 heteroatoms. The first-order valence-electron chi connectivity index (χ1n) is 2.23. The summed E-state index contributed by atoms with van der Waals surface area (Å²) in [6.45, 7) is 0. The van der Waals surface area contributed by atoms with E-state index >= 15 is 0 Å². The highest BCUT2D eigenvalue weighted by molar-refractivity contribution is 6.00. The van der Waals surface area contributed by atoms with E-state index in [0.717, 1.165) is 0 Å². The van der Waals surface area contributed by atoms with Crippen LogP contribution in [0.25, 0.3) is 0 Å². The van der Waals surface area contributed by atoms with E-state index in [2.05, 4.69) is 5.73 Å². The molecule has 0 rings (SSSR count). The fourth-order valence-electron chi connectivity index (χ4n) is 0.248. The van der Waals surface area contributed by atoms with Crippen molar-refractivity contribution >= 4 is 11.9 Å². The second-order valence-corrected chi connectivity index (χ2v) is 1.63. The van der Waals surface area contributed by atoms with Gasteiger partial charge in [-0.2, -0.15) is 0 Å². The summed E-state index contributed by atoms with van der Waals surface area (Å²) in [5.74, 6) is -4.43. The Hall–Kier alpha value is -1.70. The number of hydrogen-bond acceptors (Lipinski definition) is 5. The van der Waals surface area contributed by atoms with Crippen LogP contribution < -0.4 is 5.73 Å². The van der Waals surface area contributed by atoms with Crippen molar-refractivity contribution in [2.24, 2.45) is 5.73 Å². The predicted octanol–water partition coefficient (Wildman–Crippen LogP) is -1.91. The molecule has 0 amide bonds. The lowest BCUT2D eigenvalue weighted by Gasteiger charge is -2.08. The molecule has 0 spiro atoms. The molecule has 0 fully saturated rings. The van der Waals surface area contributed by atoms with Crippen molar-refractivity contribution in [3.05, 3.63) is 10.1 Å². The molecule has 8 nitrogen and oxygen atoms in total. The van der Waals surface area contributed by atoms with Crippen LogP contribution in [0.5, 0.6) is 0 Å². The first-order chi connectivity index (χ1) is 4.83. The highest BCUT2D eigenvalue weighted by Crippen LogP contribution is 2.01. The van der Waals surface area contributed by atoms with Gasteiger partial charge in [0.15, 0.2) is 0 Å². The average molecular weight is 164 g/mol. The van der Waals surface area contributed by atoms with E-state index in [1.165, 1.54) is 0 Å². The van der Waals surface area contributed by atoms with Crippen LogP contribution in [-0.4, -0.2) is 32.7 Å². The minimum atomic E-state index is -3.44. The standard InChI is InChI=1S/C3H4N2O6/c4-3(1(6)7,2(8)9)5(10)11/h4H2,(H,6,7)(H,8,9). The molecule has 0 aliphatic heterocycles. The summed E-state index contributed by atoms with van der Waals surface area (Å²) in [5, 5.41) is 25.9. The molecule has 11 heavy (non-hydrogen) atoms. The van der Waals surface area contributed by atoms with Gasteiger partial charge in [-0.1, -0.05) is 0 Å². The van der Waals surface area contributed by atoms with Crippen LogP contribution in [0.3, 0.4) is 0 Å². The SMILES string of the molecule is NC(C(=O)O)(C(=O)O)[N+](=O)[O-]. The predicted molar refractivity (Wildman–Crippen MR) is 29.2 cm³/mol. The minimum absolute atomic E-state index is 1.59. The average Bonchev–Trinajstić information content (AvgIpc) is 1.84. The van der Waals surface area contributed by atoms with Gasteiger partial charge in [0.2, 0.25) is 0 Å². The highest BCUT2D eigenvalue weighted by Gasteiger charge is 2.56. The molecular formula is C3H4N2O6. The van der Waals surface area contributed by atoms with Gasteiger partial charge in [0.1, 0.15) is 0 Å². The molecule has 0 aliphatic rings. The zero-order valence-corrected chi connectivity index (χ0v) is 5.05. The van der Waals surface area contributed by atoms with Gasteiger partial charge in [-0.05, 0) is 0 Å². The summed E-state index contributed by atoms with van der Waals surface area (Å²) in [5.41, 5.74) is 0.984. The van der Waals surface area contributed by atoms with Crippen molar-refractivity contribution in [3.63, 3.8) is 0 Å². The summed E-state index contributed by atoms with van der Waals surface area (Å²) < 4.78 is 0. The number of hydrogen-bond donors (Lipinski definition) is 3. The number of carbonyl (C=O) groups is 2. The highest BCUT2D eigenvalue weighted by atomic mass is 16.6. The Kier molecular flexibility index (Phi) is 2.11. The van der Waals surface area contributed by atoms with E-state index in [9.17, 15) is 19.7 Å². The van der Waals surface area contributed by atoms with Crippen molar-refractivity contribution in [1.82, 2.24) is 0 Å². The lowest BCUT2D eigenvalue weighted by molar-refractivity contribution is -0.540.